The van der Waals surface area contributed by atoms with Gasteiger partial charge in [-0.25, -0.2) is 0 Å². The molecule has 0 radical (unpaired) electrons. The second kappa shape index (κ2) is 17.2. The van der Waals surface area contributed by atoms with E-state index in [2.05, 4.69) is 197 Å². The number of benzene rings is 6. The largest absolute Gasteiger partial charge is 0.353 e. The van der Waals surface area contributed by atoms with E-state index in [-0.39, 0.29) is 47.6 Å². The van der Waals surface area contributed by atoms with E-state index >= 15 is 0 Å². The third-order valence-electron chi connectivity index (χ3n) is 11.5. The highest BCUT2D eigenvalue weighted by atomic mass is 127. The molecule has 4 atom stereocenters. The Morgan fingerprint density at radius 3 is 0.887 bits per heavy atom. The fourth-order valence-electron chi connectivity index (χ4n) is 8.57. The minimum atomic E-state index is 0. The fourth-order valence-corrected chi connectivity index (χ4v) is 8.57. The van der Waals surface area contributed by atoms with E-state index in [1.807, 2.05) is 0 Å². The van der Waals surface area contributed by atoms with Gasteiger partial charge in [0.2, 0.25) is 0 Å². The average molecular weight is 811 g/mol. The van der Waals surface area contributed by atoms with Crippen molar-refractivity contribution in [3.63, 3.8) is 0 Å². The Bertz CT molecular complexity index is 1790. The van der Waals surface area contributed by atoms with Gasteiger partial charge in [0.1, 0.15) is 0 Å². The smallest absolute Gasteiger partial charge is 0.0903 e. The number of aryl methyl sites for hydroxylation is 2. The molecule has 1 fully saturated rings. The normalized spacial score (nSPS) is 15.3. The van der Waals surface area contributed by atoms with Crippen molar-refractivity contribution in [2.75, 3.05) is 29.6 Å². The van der Waals surface area contributed by atoms with Crippen molar-refractivity contribution < 1.29 is 0 Å². The molecule has 1 saturated heterocycles. The van der Waals surface area contributed by atoms with Crippen LogP contribution < -0.4 is 9.80 Å². The Morgan fingerprint density at radius 2 is 0.642 bits per heavy atom. The van der Waals surface area contributed by atoms with Crippen LogP contribution in [0.5, 0.6) is 0 Å². The van der Waals surface area contributed by atoms with Gasteiger partial charge < -0.3 is 9.80 Å². The first-order chi connectivity index (χ1) is 25.3. The van der Waals surface area contributed by atoms with Crippen LogP contribution in [0.4, 0.5) is 11.4 Å². The lowest BCUT2D eigenvalue weighted by atomic mass is 9.83. The Morgan fingerprint density at radius 1 is 0.396 bits per heavy atom. The summed E-state index contributed by atoms with van der Waals surface area (Å²) in [6.45, 7) is 17.0. The summed E-state index contributed by atoms with van der Waals surface area (Å²) < 4.78 is 0. The van der Waals surface area contributed by atoms with Crippen LogP contribution in [0.25, 0.3) is 0 Å². The van der Waals surface area contributed by atoms with Crippen LogP contribution in [0, 0.1) is 13.8 Å². The first-order valence-electron chi connectivity index (χ1n) is 19.3. The van der Waals surface area contributed by atoms with E-state index in [4.69, 9.17) is 0 Å². The molecule has 0 unspecified atom stereocenters. The van der Waals surface area contributed by atoms with Crippen LogP contribution in [0.1, 0.15) is 113 Å². The van der Waals surface area contributed by atoms with Crippen molar-refractivity contribution in [2.24, 2.45) is 0 Å². The lowest BCUT2D eigenvalue weighted by Crippen LogP contribution is -2.46. The molecular formula is C50H55IN2. The molecule has 0 amide bonds. The molecule has 6 aromatic carbocycles. The summed E-state index contributed by atoms with van der Waals surface area (Å²) >= 11 is 0. The molecule has 2 nitrogen and oxygen atoms in total. The van der Waals surface area contributed by atoms with E-state index in [1.54, 1.807) is 0 Å². The van der Waals surface area contributed by atoms with Crippen molar-refractivity contribution in [1.82, 2.24) is 0 Å². The third kappa shape index (κ3) is 8.26. The molecule has 0 saturated carbocycles. The van der Waals surface area contributed by atoms with Gasteiger partial charge in [-0.2, -0.15) is 0 Å². The van der Waals surface area contributed by atoms with Crippen molar-refractivity contribution in [3.05, 3.63) is 201 Å². The summed E-state index contributed by atoms with van der Waals surface area (Å²) in [6, 6.07) is 54.1. The summed E-state index contributed by atoms with van der Waals surface area (Å²) in [6.07, 6.45) is 1.10. The maximum Gasteiger partial charge on any atom is 0.0903 e. The first-order valence-corrected chi connectivity index (χ1v) is 19.3. The zero-order valence-corrected chi connectivity index (χ0v) is 34.6. The first kappa shape index (κ1) is 38.4. The highest BCUT2D eigenvalue weighted by molar-refractivity contribution is 14.0. The lowest BCUT2D eigenvalue weighted by molar-refractivity contribution is 0.603. The predicted molar refractivity (Wildman–Crippen MR) is 238 cm³/mol. The predicted octanol–water partition coefficient (Wildman–Crippen LogP) is 13.2. The summed E-state index contributed by atoms with van der Waals surface area (Å²) in [4.78, 5) is 5.44. The number of anilines is 2. The number of halogens is 1. The van der Waals surface area contributed by atoms with Crippen molar-refractivity contribution in [1.29, 1.82) is 0 Å². The standard InChI is InChI=1S/C50H54N2.HI/c1-35-30-45(37(3)41-20-11-7-12-21-41)49(46(31-35)38(4)42-22-13-8-14-23-42)51-28-19-29-52(34-51)50-47(39(5)43-24-15-9-16-25-43)32-36(2)33-48(50)40(6)44-26-17-10-18-27-44;/h7-18,20-27,30-33,37-40H,19,28-29,34H2,1-6H3;1H/t37-,38-,39-,40-;/m1./s1. The molecule has 1 aliphatic heterocycles. The summed E-state index contributed by atoms with van der Waals surface area (Å²) in [5.41, 5.74) is 16.6. The molecule has 7 rings (SSSR count). The number of nitrogens with zero attached hydrogens (tertiary/aromatic N) is 2. The van der Waals surface area contributed by atoms with Gasteiger partial charge in [-0.1, -0.05) is 184 Å². The Kier molecular flexibility index (Phi) is 12.5. The van der Waals surface area contributed by atoms with Crippen LogP contribution in [0.2, 0.25) is 0 Å². The summed E-state index contributed by atoms with van der Waals surface area (Å²) in [5.74, 6) is 1.04. The molecule has 272 valence electrons. The zero-order chi connectivity index (χ0) is 36.2. The molecule has 0 bridgehead atoms. The van der Waals surface area contributed by atoms with Gasteiger partial charge in [0, 0.05) is 48.1 Å². The van der Waals surface area contributed by atoms with Gasteiger partial charge in [-0.15, -0.1) is 24.0 Å². The van der Waals surface area contributed by atoms with Gasteiger partial charge >= 0.3 is 0 Å². The van der Waals surface area contributed by atoms with Crippen LogP contribution >= 0.6 is 24.0 Å². The van der Waals surface area contributed by atoms with E-state index in [9.17, 15) is 0 Å². The highest BCUT2D eigenvalue weighted by Gasteiger charge is 2.31. The molecule has 0 aliphatic carbocycles. The number of rotatable bonds is 10. The van der Waals surface area contributed by atoms with Gasteiger partial charge in [0.15, 0.2) is 0 Å². The molecule has 0 N–H and O–H groups in total. The number of hydrogen-bond acceptors (Lipinski definition) is 2. The summed E-state index contributed by atoms with van der Waals surface area (Å²) in [7, 11) is 0. The van der Waals surface area contributed by atoms with Crippen LogP contribution in [-0.2, 0) is 0 Å². The van der Waals surface area contributed by atoms with Gasteiger partial charge in [-0.05, 0) is 64.8 Å². The molecule has 0 aromatic heterocycles. The minimum Gasteiger partial charge on any atom is -0.353 e. The second-order valence-electron chi connectivity index (χ2n) is 15.1. The maximum atomic E-state index is 2.72. The highest BCUT2D eigenvalue weighted by Crippen LogP contribution is 2.45. The Balaban J connectivity index is 0.00000481. The third-order valence-corrected chi connectivity index (χ3v) is 11.5. The molecule has 0 spiro atoms. The SMILES string of the molecule is Cc1cc([C@H](C)c2ccccc2)c(N2CCCN(c3c([C@H](C)c4ccccc4)cc(C)cc3[C@H](C)c3ccccc3)C2)c([C@H](C)c2ccccc2)c1.I. The summed E-state index contributed by atoms with van der Waals surface area (Å²) in [5, 5.41) is 0. The van der Waals surface area contributed by atoms with Gasteiger partial charge in [-0.3, -0.25) is 0 Å². The second-order valence-corrected chi connectivity index (χ2v) is 15.1. The van der Waals surface area contributed by atoms with Crippen LogP contribution in [0.15, 0.2) is 146 Å². The van der Waals surface area contributed by atoms with Crippen LogP contribution in [-0.4, -0.2) is 19.8 Å². The maximum absolute atomic E-state index is 2.72. The van der Waals surface area contributed by atoms with Crippen molar-refractivity contribution in [2.45, 2.75) is 71.6 Å². The molecule has 1 heterocycles. The molecule has 53 heavy (non-hydrogen) atoms. The average Bonchev–Trinajstić information content (AvgIpc) is 3.20. The van der Waals surface area contributed by atoms with E-state index in [0.29, 0.717) is 0 Å². The fraction of sp³-hybridized carbons (Fsp3) is 0.280. The van der Waals surface area contributed by atoms with Gasteiger partial charge in [0.05, 0.1) is 6.67 Å². The Hall–Kier alpha value is -4.35. The van der Waals surface area contributed by atoms with E-state index in [1.165, 1.54) is 67.0 Å². The molecule has 6 aromatic rings. The topological polar surface area (TPSA) is 6.48 Å². The Labute approximate surface area is 335 Å². The lowest BCUT2D eigenvalue weighted by Gasteiger charge is -2.43. The van der Waals surface area contributed by atoms with Crippen LogP contribution in [0.3, 0.4) is 0 Å². The van der Waals surface area contributed by atoms with Crippen molar-refractivity contribution >= 4 is 35.4 Å². The minimum absolute atomic E-state index is 0. The zero-order valence-electron chi connectivity index (χ0n) is 32.3. The molecular weight excluding hydrogens is 755 g/mol. The van der Waals surface area contributed by atoms with Crippen molar-refractivity contribution in [3.8, 4) is 0 Å². The van der Waals surface area contributed by atoms with E-state index < -0.39 is 0 Å². The monoisotopic (exact) mass is 810 g/mol. The van der Waals surface area contributed by atoms with E-state index in [0.717, 1.165) is 26.2 Å². The van der Waals surface area contributed by atoms with Gasteiger partial charge in [0.25, 0.3) is 0 Å². The quantitative estimate of drug-likeness (QED) is 0.127. The molecule has 3 heteroatoms. The molecule has 1 aliphatic rings. The number of hydrogen-bond donors (Lipinski definition) is 0.